The zero-order valence-electron chi connectivity index (χ0n) is 13.4. The van der Waals surface area contributed by atoms with Gasteiger partial charge in [-0.15, -0.1) is 0 Å². The van der Waals surface area contributed by atoms with Crippen molar-refractivity contribution in [3.8, 4) is 0 Å². The van der Waals surface area contributed by atoms with Crippen LogP contribution in [0.25, 0.3) is 0 Å². The standard InChI is InChI=1S/C16H30N2O3/c1-3-16(15(19)20,17-13-5-6-13)9-4-10-18(11-12-21-2)14-7-8-14/h13-14,17H,3-12H2,1-2H3,(H,19,20). The summed E-state index contributed by atoms with van der Waals surface area (Å²) in [7, 11) is 1.73. The summed E-state index contributed by atoms with van der Waals surface area (Å²) in [5.41, 5.74) is -0.725. The van der Waals surface area contributed by atoms with Crippen LogP contribution in [0.1, 0.15) is 51.9 Å². The number of methoxy groups -OCH3 is 1. The Morgan fingerprint density at radius 2 is 2.05 bits per heavy atom. The summed E-state index contributed by atoms with van der Waals surface area (Å²) >= 11 is 0. The molecule has 1 unspecified atom stereocenters. The van der Waals surface area contributed by atoms with E-state index in [1.54, 1.807) is 7.11 Å². The molecule has 0 spiro atoms. The van der Waals surface area contributed by atoms with Crippen molar-refractivity contribution in [1.29, 1.82) is 0 Å². The smallest absolute Gasteiger partial charge is 0.323 e. The maximum absolute atomic E-state index is 11.7. The van der Waals surface area contributed by atoms with Gasteiger partial charge >= 0.3 is 5.97 Å². The van der Waals surface area contributed by atoms with Gasteiger partial charge in [-0.3, -0.25) is 15.0 Å². The van der Waals surface area contributed by atoms with Gasteiger partial charge in [0.15, 0.2) is 0 Å². The van der Waals surface area contributed by atoms with Crippen molar-refractivity contribution >= 4 is 5.97 Å². The van der Waals surface area contributed by atoms with Crippen molar-refractivity contribution in [3.63, 3.8) is 0 Å². The minimum Gasteiger partial charge on any atom is -0.480 e. The maximum atomic E-state index is 11.7. The Hall–Kier alpha value is -0.650. The van der Waals surface area contributed by atoms with Gasteiger partial charge in [0.1, 0.15) is 5.54 Å². The van der Waals surface area contributed by atoms with E-state index in [9.17, 15) is 9.90 Å². The fraction of sp³-hybridized carbons (Fsp3) is 0.938. The van der Waals surface area contributed by atoms with Crippen LogP contribution >= 0.6 is 0 Å². The highest BCUT2D eigenvalue weighted by atomic mass is 16.5. The molecule has 2 aliphatic rings. The lowest BCUT2D eigenvalue weighted by molar-refractivity contribution is -0.145. The van der Waals surface area contributed by atoms with Crippen LogP contribution in [0, 0.1) is 0 Å². The van der Waals surface area contributed by atoms with Gasteiger partial charge in [0.05, 0.1) is 6.61 Å². The lowest BCUT2D eigenvalue weighted by Crippen LogP contribution is -2.53. The molecular formula is C16H30N2O3. The first-order valence-corrected chi connectivity index (χ1v) is 8.35. The monoisotopic (exact) mass is 298 g/mol. The number of hydrogen-bond acceptors (Lipinski definition) is 4. The molecule has 1 atom stereocenters. The molecule has 2 aliphatic carbocycles. The zero-order valence-corrected chi connectivity index (χ0v) is 13.4. The molecule has 0 radical (unpaired) electrons. The number of carbonyl (C=O) groups is 1. The molecule has 0 aromatic heterocycles. The van der Waals surface area contributed by atoms with Crippen LogP contribution in [0.3, 0.4) is 0 Å². The first-order chi connectivity index (χ1) is 10.1. The fourth-order valence-electron chi connectivity index (χ4n) is 3.00. The van der Waals surface area contributed by atoms with Crippen molar-refractivity contribution in [2.75, 3.05) is 26.8 Å². The highest BCUT2D eigenvalue weighted by molar-refractivity contribution is 5.78. The molecular weight excluding hydrogens is 268 g/mol. The predicted octanol–water partition coefficient (Wildman–Crippen LogP) is 1.86. The minimum absolute atomic E-state index is 0.425. The normalized spacial score (nSPS) is 21.5. The summed E-state index contributed by atoms with van der Waals surface area (Å²) in [6.07, 6.45) is 7.10. The van der Waals surface area contributed by atoms with Gasteiger partial charge in [0, 0.05) is 25.7 Å². The predicted molar refractivity (Wildman–Crippen MR) is 82.5 cm³/mol. The van der Waals surface area contributed by atoms with Crippen LogP contribution < -0.4 is 5.32 Å². The lowest BCUT2D eigenvalue weighted by Gasteiger charge is -2.31. The van der Waals surface area contributed by atoms with Crippen LogP contribution in [-0.2, 0) is 9.53 Å². The summed E-state index contributed by atoms with van der Waals surface area (Å²) in [5, 5.41) is 13.0. The number of nitrogens with one attached hydrogen (secondary N) is 1. The number of rotatable bonds is 12. The maximum Gasteiger partial charge on any atom is 0.323 e. The van der Waals surface area contributed by atoms with Crippen LogP contribution in [0.15, 0.2) is 0 Å². The molecule has 2 saturated carbocycles. The summed E-state index contributed by atoms with van der Waals surface area (Å²) in [6.45, 7) is 4.68. The average molecular weight is 298 g/mol. The third-order valence-corrected chi connectivity index (χ3v) is 4.77. The second kappa shape index (κ2) is 7.56. The largest absolute Gasteiger partial charge is 0.480 e. The number of carboxylic acids is 1. The molecule has 0 aliphatic heterocycles. The van der Waals surface area contributed by atoms with E-state index in [1.165, 1.54) is 12.8 Å². The second-order valence-electron chi connectivity index (χ2n) is 6.52. The Balaban J connectivity index is 1.80. The molecule has 0 aromatic rings. The Morgan fingerprint density at radius 3 is 2.52 bits per heavy atom. The summed E-state index contributed by atoms with van der Waals surface area (Å²) < 4.78 is 5.17. The van der Waals surface area contributed by atoms with E-state index in [0.29, 0.717) is 24.9 Å². The molecule has 0 aromatic carbocycles. The minimum atomic E-state index is -0.725. The first-order valence-electron chi connectivity index (χ1n) is 8.35. The Labute approximate surface area is 128 Å². The van der Waals surface area contributed by atoms with Crippen molar-refractivity contribution in [1.82, 2.24) is 10.2 Å². The Morgan fingerprint density at radius 1 is 1.33 bits per heavy atom. The quantitative estimate of drug-likeness (QED) is 0.576. The zero-order chi connectivity index (χ0) is 15.3. The molecule has 0 amide bonds. The van der Waals surface area contributed by atoms with Gasteiger partial charge in [-0.1, -0.05) is 6.92 Å². The Kier molecular flexibility index (Phi) is 6.02. The molecule has 0 bridgehead atoms. The molecule has 0 heterocycles. The molecule has 2 fully saturated rings. The van der Waals surface area contributed by atoms with Crippen molar-refractivity contribution < 1.29 is 14.6 Å². The highest BCUT2D eigenvalue weighted by Gasteiger charge is 2.41. The van der Waals surface area contributed by atoms with Crippen LogP contribution in [0.5, 0.6) is 0 Å². The van der Waals surface area contributed by atoms with E-state index in [2.05, 4.69) is 10.2 Å². The molecule has 0 saturated heterocycles. The summed E-state index contributed by atoms with van der Waals surface area (Å²) in [4.78, 5) is 14.2. The number of aliphatic carboxylic acids is 1. The lowest BCUT2D eigenvalue weighted by atomic mass is 9.90. The van der Waals surface area contributed by atoms with E-state index < -0.39 is 11.5 Å². The van der Waals surface area contributed by atoms with E-state index in [1.807, 2.05) is 6.92 Å². The molecule has 122 valence electrons. The highest BCUT2D eigenvalue weighted by Crippen LogP contribution is 2.29. The third kappa shape index (κ3) is 4.94. The number of nitrogens with zero attached hydrogens (tertiary/aromatic N) is 1. The van der Waals surface area contributed by atoms with Gasteiger partial charge in [0.2, 0.25) is 0 Å². The van der Waals surface area contributed by atoms with Crippen molar-refractivity contribution in [3.05, 3.63) is 0 Å². The van der Waals surface area contributed by atoms with Gasteiger partial charge < -0.3 is 9.84 Å². The first kappa shape index (κ1) is 16.7. The summed E-state index contributed by atoms with van der Waals surface area (Å²) in [5.74, 6) is -0.688. The van der Waals surface area contributed by atoms with E-state index in [4.69, 9.17) is 4.74 Å². The second-order valence-corrected chi connectivity index (χ2v) is 6.52. The molecule has 2 N–H and O–H groups in total. The molecule has 21 heavy (non-hydrogen) atoms. The summed E-state index contributed by atoms with van der Waals surface area (Å²) in [6, 6.07) is 1.13. The van der Waals surface area contributed by atoms with Gasteiger partial charge in [-0.2, -0.15) is 0 Å². The molecule has 2 rings (SSSR count). The van der Waals surface area contributed by atoms with Crippen LogP contribution in [-0.4, -0.2) is 60.4 Å². The van der Waals surface area contributed by atoms with E-state index in [0.717, 1.165) is 39.0 Å². The average Bonchev–Trinajstić information content (AvgIpc) is 3.34. The topological polar surface area (TPSA) is 61.8 Å². The fourth-order valence-corrected chi connectivity index (χ4v) is 3.00. The van der Waals surface area contributed by atoms with Gasteiger partial charge in [0.25, 0.3) is 0 Å². The Bertz CT molecular complexity index is 342. The molecule has 5 heteroatoms. The van der Waals surface area contributed by atoms with E-state index >= 15 is 0 Å². The van der Waals surface area contributed by atoms with Gasteiger partial charge in [-0.25, -0.2) is 0 Å². The number of ether oxygens (including phenoxy) is 1. The van der Waals surface area contributed by atoms with Crippen molar-refractivity contribution in [2.24, 2.45) is 0 Å². The third-order valence-electron chi connectivity index (χ3n) is 4.77. The van der Waals surface area contributed by atoms with Gasteiger partial charge in [-0.05, 0) is 51.5 Å². The van der Waals surface area contributed by atoms with E-state index in [-0.39, 0.29) is 0 Å². The van der Waals surface area contributed by atoms with Crippen molar-refractivity contribution in [2.45, 2.75) is 69.5 Å². The van der Waals surface area contributed by atoms with Crippen LogP contribution in [0.2, 0.25) is 0 Å². The SMILES string of the molecule is CCC(CCCN(CCOC)C1CC1)(NC1CC1)C(=O)O. The number of hydrogen-bond donors (Lipinski definition) is 2. The molecule has 5 nitrogen and oxygen atoms in total. The number of carboxylic acid groups (broad SMARTS) is 1. The van der Waals surface area contributed by atoms with Crippen LogP contribution in [0.4, 0.5) is 0 Å².